The van der Waals surface area contributed by atoms with Crippen molar-refractivity contribution in [3.05, 3.63) is 47.5 Å². The summed E-state index contributed by atoms with van der Waals surface area (Å²) < 4.78 is 38.8. The number of rotatable bonds is 8. The number of carbonyl (C=O) groups is 1. The number of nitrogens with one attached hydrogen (secondary N) is 1. The van der Waals surface area contributed by atoms with Crippen molar-refractivity contribution in [1.29, 1.82) is 0 Å². The maximum absolute atomic E-state index is 14.5. The Balaban J connectivity index is 1.71. The summed E-state index contributed by atoms with van der Waals surface area (Å²) in [6.07, 6.45) is 4.51. The van der Waals surface area contributed by atoms with Gasteiger partial charge in [0.1, 0.15) is 18.8 Å². The predicted molar refractivity (Wildman–Crippen MR) is 110 cm³/mol. The molecular weight excluding hydrogens is 406 g/mol. The van der Waals surface area contributed by atoms with Crippen molar-refractivity contribution in [2.24, 2.45) is 0 Å². The molecule has 0 aliphatic carbocycles. The summed E-state index contributed by atoms with van der Waals surface area (Å²) >= 11 is 0. The SMILES string of the molecule is CC(C)Oc1ncc(-c2nc(-c3ccc(F)c4c(CCC=O)c[nH]c34)no2)cc1CF. The van der Waals surface area contributed by atoms with Crippen LogP contribution in [0.1, 0.15) is 31.4 Å². The predicted octanol–water partition coefficient (Wildman–Crippen LogP) is 4.81. The summed E-state index contributed by atoms with van der Waals surface area (Å²) in [4.78, 5) is 22.3. The Bertz CT molecular complexity index is 1230. The number of hydrogen-bond donors (Lipinski definition) is 1. The van der Waals surface area contributed by atoms with Crippen LogP contribution in [0.15, 0.2) is 35.1 Å². The monoisotopic (exact) mass is 426 g/mol. The number of hydrogen-bond acceptors (Lipinski definition) is 6. The number of benzene rings is 1. The lowest BCUT2D eigenvalue weighted by Gasteiger charge is -2.11. The van der Waals surface area contributed by atoms with Gasteiger partial charge in [0, 0.05) is 35.3 Å². The Morgan fingerprint density at radius 2 is 2.13 bits per heavy atom. The Labute approximate surface area is 176 Å². The number of ether oxygens (including phenoxy) is 1. The second kappa shape index (κ2) is 8.63. The van der Waals surface area contributed by atoms with Gasteiger partial charge >= 0.3 is 0 Å². The van der Waals surface area contributed by atoms with Crippen LogP contribution in [-0.4, -0.2) is 32.5 Å². The zero-order valence-corrected chi connectivity index (χ0v) is 17.0. The molecule has 3 aromatic heterocycles. The van der Waals surface area contributed by atoms with Gasteiger partial charge in [0.15, 0.2) is 0 Å². The quantitative estimate of drug-likeness (QED) is 0.407. The fourth-order valence-corrected chi connectivity index (χ4v) is 3.36. The molecule has 0 bridgehead atoms. The zero-order valence-electron chi connectivity index (χ0n) is 17.0. The van der Waals surface area contributed by atoms with E-state index >= 15 is 0 Å². The van der Waals surface area contributed by atoms with Crippen LogP contribution in [-0.2, 0) is 17.9 Å². The summed E-state index contributed by atoms with van der Waals surface area (Å²) in [5.74, 6) is 0.212. The topological polar surface area (TPSA) is 93.9 Å². The first kappa shape index (κ1) is 20.6. The van der Waals surface area contributed by atoms with E-state index in [0.29, 0.717) is 40.4 Å². The number of carbonyl (C=O) groups excluding carboxylic acids is 1. The van der Waals surface area contributed by atoms with Gasteiger partial charge < -0.3 is 19.0 Å². The standard InChI is InChI=1S/C22H20F2N4O3/c1-12(2)30-21-14(9-23)8-15(11-26-21)22-27-20(28-31-22)16-5-6-17(24)18-13(4-3-7-29)10-25-19(16)18/h5-8,10-12,25H,3-4,9H2,1-2H3. The van der Waals surface area contributed by atoms with Gasteiger partial charge in [-0.15, -0.1) is 0 Å². The van der Waals surface area contributed by atoms with Crippen molar-refractivity contribution in [3.63, 3.8) is 0 Å². The second-order valence-electron chi connectivity index (χ2n) is 7.28. The number of alkyl halides is 1. The highest BCUT2D eigenvalue weighted by atomic mass is 19.1. The van der Waals surface area contributed by atoms with Crippen LogP contribution in [0.4, 0.5) is 8.78 Å². The minimum absolute atomic E-state index is 0.142. The number of halogens is 2. The van der Waals surface area contributed by atoms with E-state index in [2.05, 4.69) is 20.1 Å². The molecule has 0 amide bonds. The Morgan fingerprint density at radius 3 is 2.87 bits per heavy atom. The van der Waals surface area contributed by atoms with E-state index < -0.39 is 12.5 Å². The highest BCUT2D eigenvalue weighted by Crippen LogP contribution is 2.32. The molecule has 0 aliphatic heterocycles. The molecule has 31 heavy (non-hydrogen) atoms. The van der Waals surface area contributed by atoms with Gasteiger partial charge in [-0.2, -0.15) is 4.98 Å². The van der Waals surface area contributed by atoms with Crippen LogP contribution in [0.3, 0.4) is 0 Å². The second-order valence-corrected chi connectivity index (χ2v) is 7.28. The largest absolute Gasteiger partial charge is 0.475 e. The number of pyridine rings is 1. The number of aldehydes is 1. The highest BCUT2D eigenvalue weighted by molar-refractivity contribution is 5.95. The van der Waals surface area contributed by atoms with E-state index in [1.807, 2.05) is 13.8 Å². The average Bonchev–Trinajstić information content (AvgIpc) is 3.41. The molecule has 0 fully saturated rings. The third-order valence-corrected chi connectivity index (χ3v) is 4.73. The molecule has 0 atom stereocenters. The maximum atomic E-state index is 14.5. The lowest BCUT2D eigenvalue weighted by molar-refractivity contribution is -0.107. The third-order valence-electron chi connectivity index (χ3n) is 4.73. The molecule has 0 spiro atoms. The van der Waals surface area contributed by atoms with Crippen molar-refractivity contribution in [2.75, 3.05) is 0 Å². The van der Waals surface area contributed by atoms with Crippen LogP contribution in [0, 0.1) is 5.82 Å². The van der Waals surface area contributed by atoms with Crippen LogP contribution < -0.4 is 4.74 Å². The van der Waals surface area contributed by atoms with Crippen molar-refractivity contribution in [2.45, 2.75) is 39.5 Å². The normalized spacial score (nSPS) is 11.4. The first-order valence-electron chi connectivity index (χ1n) is 9.80. The van der Waals surface area contributed by atoms with Crippen molar-refractivity contribution < 1.29 is 22.8 Å². The molecule has 4 aromatic rings. The molecule has 0 aliphatic rings. The molecule has 160 valence electrons. The smallest absolute Gasteiger partial charge is 0.259 e. The van der Waals surface area contributed by atoms with E-state index in [1.165, 1.54) is 12.3 Å². The molecular formula is C22H20F2N4O3. The zero-order chi connectivity index (χ0) is 22.0. The van der Waals surface area contributed by atoms with Crippen LogP contribution in [0.25, 0.3) is 33.7 Å². The molecule has 0 saturated carbocycles. The van der Waals surface area contributed by atoms with E-state index in [1.54, 1.807) is 18.3 Å². The van der Waals surface area contributed by atoms with Gasteiger partial charge in [-0.25, -0.2) is 13.8 Å². The summed E-state index contributed by atoms with van der Waals surface area (Å²) in [5.41, 5.74) is 2.47. The van der Waals surface area contributed by atoms with Gasteiger partial charge in [-0.3, -0.25) is 0 Å². The highest BCUT2D eigenvalue weighted by Gasteiger charge is 2.19. The molecule has 7 nitrogen and oxygen atoms in total. The van der Waals surface area contributed by atoms with Crippen molar-refractivity contribution in [3.8, 4) is 28.7 Å². The minimum Gasteiger partial charge on any atom is -0.475 e. The van der Waals surface area contributed by atoms with E-state index in [0.717, 1.165) is 6.29 Å². The van der Waals surface area contributed by atoms with E-state index in [-0.39, 0.29) is 29.3 Å². The van der Waals surface area contributed by atoms with Gasteiger partial charge in [-0.05, 0) is 44.0 Å². The minimum atomic E-state index is -0.755. The summed E-state index contributed by atoms with van der Waals surface area (Å²) in [6.45, 7) is 2.90. The van der Waals surface area contributed by atoms with Gasteiger partial charge in [0.2, 0.25) is 11.7 Å². The summed E-state index contributed by atoms with van der Waals surface area (Å²) in [5, 5.41) is 4.39. The Hall–Kier alpha value is -3.62. The Morgan fingerprint density at radius 1 is 1.29 bits per heavy atom. The fraction of sp³-hybridized carbons (Fsp3) is 0.273. The molecule has 0 radical (unpaired) electrons. The van der Waals surface area contributed by atoms with Crippen molar-refractivity contribution in [1.82, 2.24) is 20.1 Å². The first-order valence-corrected chi connectivity index (χ1v) is 9.80. The van der Waals surface area contributed by atoms with Crippen LogP contribution in [0.2, 0.25) is 0 Å². The first-order chi connectivity index (χ1) is 15.0. The van der Waals surface area contributed by atoms with Gasteiger partial charge in [0.25, 0.3) is 5.89 Å². The fourth-order valence-electron chi connectivity index (χ4n) is 3.36. The number of fused-ring (bicyclic) bond motifs is 1. The number of aryl methyl sites for hydroxylation is 1. The molecule has 1 N–H and O–H groups in total. The molecule has 9 heteroatoms. The summed E-state index contributed by atoms with van der Waals surface area (Å²) in [6, 6.07) is 4.43. The van der Waals surface area contributed by atoms with Crippen LogP contribution in [0.5, 0.6) is 5.88 Å². The van der Waals surface area contributed by atoms with Crippen LogP contribution >= 0.6 is 0 Å². The maximum Gasteiger partial charge on any atom is 0.259 e. The molecule has 0 saturated heterocycles. The van der Waals surface area contributed by atoms with E-state index in [4.69, 9.17) is 9.26 Å². The van der Waals surface area contributed by atoms with Gasteiger partial charge in [-0.1, -0.05) is 5.16 Å². The Kier molecular flexibility index (Phi) is 5.75. The molecule has 1 aromatic carbocycles. The van der Waals surface area contributed by atoms with Gasteiger partial charge in [0.05, 0.1) is 17.2 Å². The number of aromatic nitrogens is 4. The molecule has 0 unspecified atom stereocenters. The lowest BCUT2D eigenvalue weighted by Crippen LogP contribution is -2.08. The van der Waals surface area contributed by atoms with E-state index in [9.17, 15) is 13.6 Å². The lowest BCUT2D eigenvalue weighted by atomic mass is 10.0. The molecule has 3 heterocycles. The third kappa shape index (κ3) is 4.03. The number of H-pyrrole nitrogens is 1. The van der Waals surface area contributed by atoms with Crippen molar-refractivity contribution >= 4 is 17.2 Å². The molecule has 4 rings (SSSR count). The number of nitrogens with zero attached hydrogens (tertiary/aromatic N) is 3. The average molecular weight is 426 g/mol. The number of aromatic amines is 1. The summed E-state index contributed by atoms with van der Waals surface area (Å²) in [7, 11) is 0.